The highest BCUT2D eigenvalue weighted by Gasteiger charge is 2.39. The minimum absolute atomic E-state index is 0.0336. The third-order valence-corrected chi connectivity index (χ3v) is 6.48. The van der Waals surface area contributed by atoms with Crippen LogP contribution >= 0.6 is 8.45 Å². The van der Waals surface area contributed by atoms with Crippen LogP contribution in [0.3, 0.4) is 0 Å². The minimum atomic E-state index is -1.55. The van der Waals surface area contributed by atoms with Crippen LogP contribution in [0.1, 0.15) is 59.0 Å². The van der Waals surface area contributed by atoms with E-state index < -0.39 is 14.0 Å². The topological polar surface area (TPSA) is 103 Å². The van der Waals surface area contributed by atoms with Crippen molar-refractivity contribution in [3.8, 4) is 0 Å². The first-order valence-electron chi connectivity index (χ1n) is 9.15. The Morgan fingerprint density at radius 1 is 1.18 bits per heavy atom. The van der Waals surface area contributed by atoms with Crippen LogP contribution in [0.25, 0.3) is 11.2 Å². The van der Waals surface area contributed by atoms with E-state index in [0.717, 1.165) is 0 Å². The second kappa shape index (κ2) is 7.29. The van der Waals surface area contributed by atoms with E-state index in [0.29, 0.717) is 12.2 Å². The number of nitrogens with zero attached hydrogens (tertiary/aromatic N) is 6. The van der Waals surface area contributed by atoms with E-state index in [1.807, 2.05) is 20.8 Å². The van der Waals surface area contributed by atoms with Crippen molar-refractivity contribution in [3.05, 3.63) is 22.2 Å². The van der Waals surface area contributed by atoms with Gasteiger partial charge in [-0.15, -0.1) is 0 Å². The molecule has 0 amide bonds. The van der Waals surface area contributed by atoms with Crippen LogP contribution in [-0.4, -0.2) is 48.2 Å². The molecule has 0 N–H and O–H groups in total. The molecular formula is C18H25N6O3P. The Balaban J connectivity index is 2.34. The molecule has 3 heterocycles. The van der Waals surface area contributed by atoms with Crippen molar-refractivity contribution >= 4 is 37.7 Å². The van der Waals surface area contributed by atoms with E-state index >= 15 is 0 Å². The third kappa shape index (κ3) is 3.56. The molecular weight excluding hydrogens is 379 g/mol. The summed E-state index contributed by atoms with van der Waals surface area (Å²) in [5, 5.41) is 0. The van der Waals surface area contributed by atoms with Gasteiger partial charge in [0.2, 0.25) is 11.8 Å². The molecule has 0 spiro atoms. The maximum Gasteiger partial charge on any atom is 0.290 e. The average molecular weight is 404 g/mol. The molecule has 0 saturated heterocycles. The Bertz CT molecular complexity index is 1000. The molecule has 150 valence electrons. The Kier molecular flexibility index (Phi) is 5.34. The first kappa shape index (κ1) is 20.5. The Labute approximate surface area is 164 Å². The molecule has 2 aromatic heterocycles. The van der Waals surface area contributed by atoms with Crippen LogP contribution in [0.15, 0.2) is 16.0 Å². The van der Waals surface area contributed by atoms with E-state index in [-0.39, 0.29) is 40.3 Å². The second-order valence-electron chi connectivity index (χ2n) is 8.19. The van der Waals surface area contributed by atoms with Crippen molar-refractivity contribution in [1.82, 2.24) is 24.0 Å². The van der Waals surface area contributed by atoms with E-state index in [1.54, 1.807) is 0 Å². The van der Waals surface area contributed by atoms with Crippen LogP contribution < -0.4 is 5.56 Å². The van der Waals surface area contributed by atoms with Gasteiger partial charge in [0.25, 0.3) is 14.0 Å². The Hall–Kier alpha value is -2.25. The predicted octanol–water partition coefficient (Wildman–Crippen LogP) is 3.30. The van der Waals surface area contributed by atoms with Gasteiger partial charge in [-0.2, -0.15) is 9.98 Å². The smallest absolute Gasteiger partial charge is 0.290 e. The number of fused-ring (bicyclic) bond motifs is 2. The zero-order chi connectivity index (χ0) is 20.8. The summed E-state index contributed by atoms with van der Waals surface area (Å²) in [7, 11) is -1.55. The van der Waals surface area contributed by atoms with Gasteiger partial charge in [0, 0.05) is 17.5 Å². The van der Waals surface area contributed by atoms with Crippen molar-refractivity contribution in [2.45, 2.75) is 60.5 Å². The fourth-order valence-corrected chi connectivity index (χ4v) is 5.05. The third-order valence-electron chi connectivity index (χ3n) is 4.12. The molecule has 0 saturated carbocycles. The molecule has 10 heteroatoms. The highest BCUT2D eigenvalue weighted by molar-refractivity contribution is 7.49. The molecule has 1 unspecified atom stereocenters. The van der Waals surface area contributed by atoms with Gasteiger partial charge >= 0.3 is 0 Å². The Morgan fingerprint density at radius 2 is 1.82 bits per heavy atom. The number of hydrogen-bond acceptors (Lipinski definition) is 8. The molecule has 1 atom stereocenters. The molecule has 1 aliphatic rings. The standard InChI is InChI=1S/C18H25N6O3P/c1-10(2)23(11(3)4)28-24-15(26)13-14(19-8-12(9-25)20-13)21-17(24)22-16(27-28)18(5,6)7/h8-11H,1-7H3. The van der Waals surface area contributed by atoms with Gasteiger partial charge in [-0.3, -0.25) is 9.59 Å². The van der Waals surface area contributed by atoms with Crippen LogP contribution in [0.4, 0.5) is 5.95 Å². The summed E-state index contributed by atoms with van der Waals surface area (Å²) < 4.78 is 9.88. The minimum Gasteiger partial charge on any atom is -0.425 e. The zero-order valence-electron chi connectivity index (χ0n) is 17.2. The highest BCUT2D eigenvalue weighted by Crippen LogP contribution is 2.51. The predicted molar refractivity (Wildman–Crippen MR) is 109 cm³/mol. The Morgan fingerprint density at radius 3 is 2.36 bits per heavy atom. The largest absolute Gasteiger partial charge is 0.425 e. The van der Waals surface area contributed by atoms with E-state index in [9.17, 15) is 9.59 Å². The lowest BCUT2D eigenvalue weighted by Gasteiger charge is -2.40. The molecule has 0 fully saturated rings. The zero-order valence-corrected chi connectivity index (χ0v) is 18.1. The van der Waals surface area contributed by atoms with E-state index in [1.165, 1.54) is 10.5 Å². The number of rotatable bonds is 4. The van der Waals surface area contributed by atoms with Gasteiger partial charge in [-0.05, 0) is 27.7 Å². The quantitative estimate of drug-likeness (QED) is 0.569. The maximum absolute atomic E-state index is 13.3. The summed E-state index contributed by atoms with van der Waals surface area (Å²) in [5.41, 5.74) is -0.491. The van der Waals surface area contributed by atoms with Crippen molar-refractivity contribution < 1.29 is 9.32 Å². The average Bonchev–Trinajstić information content (AvgIpc) is 2.59. The second-order valence-corrected chi connectivity index (χ2v) is 9.74. The summed E-state index contributed by atoms with van der Waals surface area (Å²) in [6, 6.07) is 0.238. The van der Waals surface area contributed by atoms with Gasteiger partial charge in [0.15, 0.2) is 17.5 Å². The fourth-order valence-electron chi connectivity index (χ4n) is 2.91. The number of hydrogen-bond donors (Lipinski definition) is 0. The van der Waals surface area contributed by atoms with Gasteiger partial charge in [0.1, 0.15) is 5.69 Å². The molecule has 0 aliphatic carbocycles. The number of carbonyl (C=O) groups excluding carboxylic acids is 1. The lowest BCUT2D eigenvalue weighted by molar-refractivity contribution is 0.111. The van der Waals surface area contributed by atoms with Gasteiger partial charge in [-0.25, -0.2) is 19.0 Å². The highest BCUT2D eigenvalue weighted by atomic mass is 31.2. The van der Waals surface area contributed by atoms with Gasteiger partial charge in [-0.1, -0.05) is 20.8 Å². The van der Waals surface area contributed by atoms with Crippen molar-refractivity contribution in [2.75, 3.05) is 0 Å². The summed E-state index contributed by atoms with van der Waals surface area (Å²) in [6.07, 6.45) is 1.85. The van der Waals surface area contributed by atoms with E-state index in [2.05, 4.69) is 52.3 Å². The molecule has 2 aromatic rings. The molecule has 3 rings (SSSR count). The lowest BCUT2D eigenvalue weighted by Crippen LogP contribution is -2.40. The summed E-state index contributed by atoms with van der Waals surface area (Å²) in [4.78, 5) is 41.6. The summed E-state index contributed by atoms with van der Waals surface area (Å²) in [6.45, 7) is 14.2. The van der Waals surface area contributed by atoms with Crippen molar-refractivity contribution in [1.29, 1.82) is 0 Å². The molecule has 1 aliphatic heterocycles. The van der Waals surface area contributed by atoms with E-state index in [4.69, 9.17) is 4.52 Å². The first-order chi connectivity index (χ1) is 13.0. The normalized spacial score (nSPS) is 17.1. The monoisotopic (exact) mass is 404 g/mol. The molecule has 9 nitrogen and oxygen atoms in total. The van der Waals surface area contributed by atoms with Crippen LogP contribution in [0.5, 0.6) is 0 Å². The number of aromatic nitrogens is 4. The lowest BCUT2D eigenvalue weighted by atomic mass is 9.97. The molecule has 0 bridgehead atoms. The maximum atomic E-state index is 13.3. The van der Waals surface area contributed by atoms with Crippen LogP contribution in [-0.2, 0) is 4.52 Å². The number of aliphatic imine (C=N–C) groups is 1. The van der Waals surface area contributed by atoms with Crippen LogP contribution in [0, 0.1) is 5.41 Å². The van der Waals surface area contributed by atoms with Gasteiger partial charge in [0.05, 0.1) is 6.20 Å². The van der Waals surface area contributed by atoms with Crippen LogP contribution in [0.2, 0.25) is 0 Å². The SMILES string of the molecule is CC(C)N(C(C)C)P1OC(C(C)(C)C)=Nc2nc3ncc(C=O)nc3c(=O)n21. The van der Waals surface area contributed by atoms with Gasteiger partial charge < -0.3 is 4.52 Å². The summed E-state index contributed by atoms with van der Waals surface area (Å²) in [5.74, 6) is 0.771. The molecule has 0 radical (unpaired) electrons. The first-order valence-corrected chi connectivity index (χ1v) is 10.3. The van der Waals surface area contributed by atoms with Crippen molar-refractivity contribution in [2.24, 2.45) is 10.4 Å². The number of aldehydes is 1. The summed E-state index contributed by atoms with van der Waals surface area (Å²) >= 11 is 0. The van der Waals surface area contributed by atoms with Crippen molar-refractivity contribution in [3.63, 3.8) is 0 Å². The fraction of sp³-hybridized carbons (Fsp3) is 0.556. The number of carbonyl (C=O) groups is 1. The molecule has 0 aromatic carbocycles. The molecule has 28 heavy (non-hydrogen) atoms.